The maximum atomic E-state index is 11.0. The summed E-state index contributed by atoms with van der Waals surface area (Å²) in [6.45, 7) is 2.25. The van der Waals surface area contributed by atoms with Crippen molar-refractivity contribution >= 4 is 5.78 Å². The fourth-order valence-electron chi connectivity index (χ4n) is 2.11. The molecule has 0 bridgehead atoms. The average molecular weight is 208 g/mol. The van der Waals surface area contributed by atoms with Gasteiger partial charge in [0.15, 0.2) is 0 Å². The van der Waals surface area contributed by atoms with Crippen LogP contribution in [0.1, 0.15) is 71.1 Å². The molecule has 1 saturated carbocycles. The first kappa shape index (κ1) is 12.5. The summed E-state index contributed by atoms with van der Waals surface area (Å²) in [5, 5.41) is 0. The number of allylic oxidation sites excluding steroid dienone is 2. The molecule has 1 aliphatic carbocycles. The Bertz CT molecular complexity index is 203. The van der Waals surface area contributed by atoms with Crippen LogP contribution in [0.3, 0.4) is 0 Å². The van der Waals surface area contributed by atoms with Crippen molar-refractivity contribution in [3.63, 3.8) is 0 Å². The van der Waals surface area contributed by atoms with E-state index in [1.54, 1.807) is 0 Å². The zero-order valence-electron chi connectivity index (χ0n) is 10.1. The minimum absolute atomic E-state index is 0.454. The maximum Gasteiger partial charge on any atom is 0.133 e. The molecule has 1 rings (SSSR count). The Labute approximate surface area is 93.9 Å². The summed E-state index contributed by atoms with van der Waals surface area (Å²) in [6.07, 6.45) is 14.1. The second-order valence-electron chi connectivity index (χ2n) is 4.60. The molecule has 0 heterocycles. The highest BCUT2D eigenvalue weighted by atomic mass is 16.1. The van der Waals surface area contributed by atoms with E-state index in [2.05, 4.69) is 13.0 Å². The summed E-state index contributed by atoms with van der Waals surface area (Å²) in [6, 6.07) is 0. The number of carbonyl (C=O) groups excluding carboxylic acids is 1. The van der Waals surface area contributed by atoms with E-state index in [0.29, 0.717) is 5.78 Å². The van der Waals surface area contributed by atoms with Gasteiger partial charge in [0.25, 0.3) is 0 Å². The fourth-order valence-corrected chi connectivity index (χ4v) is 2.11. The third kappa shape index (κ3) is 5.76. The van der Waals surface area contributed by atoms with Crippen LogP contribution in [0.5, 0.6) is 0 Å². The van der Waals surface area contributed by atoms with Crippen molar-refractivity contribution in [3.05, 3.63) is 11.6 Å². The molecule has 0 aromatic carbocycles. The smallest absolute Gasteiger partial charge is 0.133 e. The molecule has 0 amide bonds. The third-order valence-corrected chi connectivity index (χ3v) is 3.19. The summed E-state index contributed by atoms with van der Waals surface area (Å²) in [5.41, 5.74) is 1.53. The van der Waals surface area contributed by atoms with E-state index in [0.717, 1.165) is 25.7 Å². The van der Waals surface area contributed by atoms with Crippen LogP contribution < -0.4 is 0 Å². The molecule has 1 aliphatic rings. The molecule has 1 fully saturated rings. The second-order valence-corrected chi connectivity index (χ2v) is 4.60. The van der Waals surface area contributed by atoms with Crippen LogP contribution in [0.15, 0.2) is 11.6 Å². The average Bonchev–Trinajstić information content (AvgIpc) is 2.26. The van der Waals surface area contributed by atoms with Gasteiger partial charge in [-0.25, -0.2) is 0 Å². The monoisotopic (exact) mass is 208 g/mol. The van der Waals surface area contributed by atoms with Gasteiger partial charge in [-0.1, -0.05) is 44.3 Å². The topological polar surface area (TPSA) is 17.1 Å². The zero-order chi connectivity index (χ0) is 10.9. The van der Waals surface area contributed by atoms with E-state index in [-0.39, 0.29) is 0 Å². The lowest BCUT2D eigenvalue weighted by molar-refractivity contribution is -0.119. The number of hydrogen-bond donors (Lipinski definition) is 0. The van der Waals surface area contributed by atoms with Crippen molar-refractivity contribution in [2.24, 2.45) is 0 Å². The summed E-state index contributed by atoms with van der Waals surface area (Å²) in [7, 11) is 0. The molecule has 15 heavy (non-hydrogen) atoms. The predicted octanol–water partition coefficient (Wildman–Crippen LogP) is 4.42. The molecule has 0 aliphatic heterocycles. The van der Waals surface area contributed by atoms with Gasteiger partial charge >= 0.3 is 0 Å². The standard InChI is InChI=1S/C14H24O/c1-2-3-4-5-6-7-8-13-9-11-14(15)12-10-13/h8H,2-7,9-12H2,1H3. The van der Waals surface area contributed by atoms with Crippen LogP contribution in [-0.4, -0.2) is 5.78 Å². The minimum Gasteiger partial charge on any atom is -0.300 e. The highest BCUT2D eigenvalue weighted by Gasteiger charge is 2.11. The first-order chi connectivity index (χ1) is 7.33. The largest absolute Gasteiger partial charge is 0.300 e. The van der Waals surface area contributed by atoms with Gasteiger partial charge in [0.05, 0.1) is 0 Å². The Morgan fingerprint density at radius 3 is 2.33 bits per heavy atom. The fraction of sp³-hybridized carbons (Fsp3) is 0.786. The van der Waals surface area contributed by atoms with Gasteiger partial charge < -0.3 is 0 Å². The van der Waals surface area contributed by atoms with E-state index >= 15 is 0 Å². The van der Waals surface area contributed by atoms with E-state index in [1.807, 2.05) is 0 Å². The van der Waals surface area contributed by atoms with Crippen LogP contribution >= 0.6 is 0 Å². The predicted molar refractivity (Wildman–Crippen MR) is 64.9 cm³/mol. The molecule has 86 valence electrons. The van der Waals surface area contributed by atoms with Crippen LogP contribution in [0.2, 0.25) is 0 Å². The number of unbranched alkanes of at least 4 members (excludes halogenated alkanes) is 5. The Morgan fingerprint density at radius 1 is 1.00 bits per heavy atom. The number of Topliss-reactive ketones (excluding diaryl/α,β-unsaturated/α-hetero) is 1. The van der Waals surface area contributed by atoms with E-state index in [4.69, 9.17) is 0 Å². The van der Waals surface area contributed by atoms with E-state index in [1.165, 1.54) is 44.1 Å². The molecule has 0 atom stereocenters. The number of carbonyl (C=O) groups is 1. The Morgan fingerprint density at radius 2 is 1.67 bits per heavy atom. The summed E-state index contributed by atoms with van der Waals surface area (Å²) >= 11 is 0. The number of ketones is 1. The Hall–Kier alpha value is -0.590. The Balaban J connectivity index is 2.02. The van der Waals surface area contributed by atoms with Crippen LogP contribution in [-0.2, 0) is 4.79 Å². The quantitative estimate of drug-likeness (QED) is 0.466. The van der Waals surface area contributed by atoms with Gasteiger partial charge in [0.1, 0.15) is 5.78 Å². The lowest BCUT2D eigenvalue weighted by Crippen LogP contribution is -2.05. The molecular formula is C14H24O. The third-order valence-electron chi connectivity index (χ3n) is 3.19. The minimum atomic E-state index is 0.454. The van der Waals surface area contributed by atoms with Gasteiger partial charge in [-0.3, -0.25) is 4.79 Å². The Kier molecular flexibility index (Phi) is 6.38. The molecule has 0 unspecified atom stereocenters. The lowest BCUT2D eigenvalue weighted by atomic mass is 9.93. The van der Waals surface area contributed by atoms with Gasteiger partial charge in [-0.2, -0.15) is 0 Å². The number of rotatable bonds is 6. The van der Waals surface area contributed by atoms with Crippen molar-refractivity contribution in [3.8, 4) is 0 Å². The van der Waals surface area contributed by atoms with Crippen molar-refractivity contribution in [1.82, 2.24) is 0 Å². The molecule has 0 aromatic rings. The molecule has 0 radical (unpaired) electrons. The van der Waals surface area contributed by atoms with Gasteiger partial charge in [0, 0.05) is 12.8 Å². The van der Waals surface area contributed by atoms with Crippen molar-refractivity contribution in [1.29, 1.82) is 0 Å². The first-order valence-electron chi connectivity index (χ1n) is 6.52. The second kappa shape index (κ2) is 7.67. The first-order valence-corrected chi connectivity index (χ1v) is 6.52. The number of hydrogen-bond acceptors (Lipinski definition) is 1. The van der Waals surface area contributed by atoms with Crippen molar-refractivity contribution in [2.75, 3.05) is 0 Å². The van der Waals surface area contributed by atoms with Gasteiger partial charge in [-0.15, -0.1) is 0 Å². The molecule has 0 saturated heterocycles. The normalized spacial score (nSPS) is 16.9. The molecule has 0 spiro atoms. The van der Waals surface area contributed by atoms with Crippen LogP contribution in [0, 0.1) is 0 Å². The summed E-state index contributed by atoms with van der Waals surface area (Å²) in [4.78, 5) is 11.0. The molecular weight excluding hydrogens is 184 g/mol. The summed E-state index contributed by atoms with van der Waals surface area (Å²) < 4.78 is 0. The highest BCUT2D eigenvalue weighted by molar-refractivity contribution is 5.80. The molecule has 1 nitrogen and oxygen atoms in total. The van der Waals surface area contributed by atoms with Crippen molar-refractivity contribution < 1.29 is 4.79 Å². The molecule has 0 N–H and O–H groups in total. The summed E-state index contributed by atoms with van der Waals surface area (Å²) in [5.74, 6) is 0.454. The SMILES string of the molecule is CCCCCCCC=C1CCC(=O)CC1. The highest BCUT2D eigenvalue weighted by Crippen LogP contribution is 2.21. The molecule has 1 heteroatoms. The van der Waals surface area contributed by atoms with Crippen LogP contribution in [0.4, 0.5) is 0 Å². The van der Waals surface area contributed by atoms with Gasteiger partial charge in [-0.05, 0) is 25.7 Å². The van der Waals surface area contributed by atoms with Gasteiger partial charge in [0.2, 0.25) is 0 Å². The van der Waals surface area contributed by atoms with E-state index in [9.17, 15) is 4.79 Å². The van der Waals surface area contributed by atoms with Crippen LogP contribution in [0.25, 0.3) is 0 Å². The van der Waals surface area contributed by atoms with Crippen molar-refractivity contribution in [2.45, 2.75) is 71.1 Å². The lowest BCUT2D eigenvalue weighted by Gasteiger charge is -2.12. The molecule has 0 aromatic heterocycles. The maximum absolute atomic E-state index is 11.0. The zero-order valence-corrected chi connectivity index (χ0v) is 10.1. The van der Waals surface area contributed by atoms with E-state index < -0.39 is 0 Å².